The highest BCUT2D eigenvalue weighted by molar-refractivity contribution is 7.19. The Morgan fingerprint density at radius 3 is 2.63 bits per heavy atom. The number of ether oxygens (including phenoxy) is 1. The topological polar surface area (TPSA) is 112 Å². The van der Waals surface area contributed by atoms with E-state index in [1.54, 1.807) is 17.5 Å². The van der Waals surface area contributed by atoms with Crippen LogP contribution in [0.25, 0.3) is 21.3 Å². The number of likely N-dealkylation sites (tertiary alicyclic amines) is 1. The third-order valence-electron chi connectivity index (χ3n) is 6.34. The second-order valence-electron chi connectivity index (χ2n) is 8.42. The highest BCUT2D eigenvalue weighted by atomic mass is 35.5. The molecule has 0 unspecified atom stereocenters. The van der Waals surface area contributed by atoms with Crippen LogP contribution in [0.1, 0.15) is 17.7 Å². The number of hydrogen-bond donors (Lipinski definition) is 2. The number of imide groups is 1. The van der Waals surface area contributed by atoms with Gasteiger partial charge in [-0.1, -0.05) is 11.6 Å². The number of pyridine rings is 1. The van der Waals surface area contributed by atoms with E-state index in [-0.39, 0.29) is 18.3 Å². The average Bonchev–Trinajstić information content (AvgIpc) is 3.36. The van der Waals surface area contributed by atoms with Crippen molar-refractivity contribution in [2.75, 3.05) is 31.1 Å². The summed E-state index contributed by atoms with van der Waals surface area (Å²) < 4.78 is 7.02. The molecule has 2 saturated heterocycles. The van der Waals surface area contributed by atoms with Crippen LogP contribution in [0, 0.1) is 0 Å². The molecule has 9 nitrogen and oxygen atoms in total. The van der Waals surface area contributed by atoms with Crippen molar-refractivity contribution in [3.63, 3.8) is 0 Å². The summed E-state index contributed by atoms with van der Waals surface area (Å²) in [4.78, 5) is 41.8. The molecule has 1 aromatic carbocycles. The molecule has 0 aliphatic carbocycles. The number of fused-ring (bicyclic) bond motifs is 2. The zero-order chi connectivity index (χ0) is 24.5. The van der Waals surface area contributed by atoms with Crippen molar-refractivity contribution in [2.24, 2.45) is 0 Å². The minimum absolute atomic E-state index is 0.105. The van der Waals surface area contributed by atoms with E-state index in [2.05, 4.69) is 15.2 Å². The number of halogens is 1. The highest BCUT2D eigenvalue weighted by Crippen LogP contribution is 2.47. The fourth-order valence-electron chi connectivity index (χ4n) is 4.64. The predicted molar refractivity (Wildman–Crippen MR) is 133 cm³/mol. The van der Waals surface area contributed by atoms with Gasteiger partial charge in [-0.05, 0) is 18.2 Å². The fourth-order valence-corrected chi connectivity index (χ4v) is 5.98. The standard InChI is InChI=1S/C23H21ClN4O3S.CH2O2/c24-13-7-17(22-19(8-13)31-6-5-27(22)14-10-25-11-14)16-3-4-26-18-9-15(32-23(16)18)12-28-20(29)1-2-21(28)30;2-1-3/h3-4,7-9,14,25H,1-2,5-6,10-12H2;1H,(H,2,3). The Morgan fingerprint density at radius 2 is 1.94 bits per heavy atom. The number of carboxylic acid groups (broad SMARTS) is 1. The number of aromatic nitrogens is 1. The number of hydrogen-bond acceptors (Lipinski definition) is 8. The van der Waals surface area contributed by atoms with Gasteiger partial charge in [-0.3, -0.25) is 24.3 Å². The lowest BCUT2D eigenvalue weighted by atomic mass is 9.99. The summed E-state index contributed by atoms with van der Waals surface area (Å²) in [5.41, 5.74) is 3.98. The van der Waals surface area contributed by atoms with Crippen molar-refractivity contribution in [2.45, 2.75) is 25.4 Å². The normalized spacial score (nSPS) is 17.5. The molecular formula is C24H23ClN4O5S. The third-order valence-corrected chi connectivity index (χ3v) is 7.70. The van der Waals surface area contributed by atoms with Crippen LogP contribution in [0.2, 0.25) is 5.02 Å². The molecule has 2 N–H and O–H groups in total. The highest BCUT2D eigenvalue weighted by Gasteiger charge is 2.33. The maximum atomic E-state index is 12.1. The van der Waals surface area contributed by atoms with Crippen LogP contribution in [-0.4, -0.2) is 65.6 Å². The molecule has 3 aliphatic heterocycles. The predicted octanol–water partition coefficient (Wildman–Crippen LogP) is 3.14. The smallest absolute Gasteiger partial charge is 0.290 e. The van der Waals surface area contributed by atoms with Crippen LogP contribution in [0.5, 0.6) is 5.75 Å². The van der Waals surface area contributed by atoms with Crippen LogP contribution in [0.4, 0.5) is 5.69 Å². The van der Waals surface area contributed by atoms with E-state index in [0.717, 1.165) is 57.3 Å². The molecule has 2 aromatic heterocycles. The fraction of sp³-hybridized carbons (Fsp3) is 0.333. The Hall–Kier alpha value is -3.21. The summed E-state index contributed by atoms with van der Waals surface area (Å²) >= 11 is 8.08. The summed E-state index contributed by atoms with van der Waals surface area (Å²) in [5.74, 6) is 0.596. The van der Waals surface area contributed by atoms with E-state index < -0.39 is 0 Å². The molecule has 6 rings (SSSR count). The first-order chi connectivity index (χ1) is 17.0. The maximum absolute atomic E-state index is 12.1. The first-order valence-electron chi connectivity index (χ1n) is 11.2. The van der Waals surface area contributed by atoms with E-state index >= 15 is 0 Å². The maximum Gasteiger partial charge on any atom is 0.290 e. The Labute approximate surface area is 210 Å². The van der Waals surface area contributed by atoms with Crippen molar-refractivity contribution in [3.05, 3.63) is 40.4 Å². The van der Waals surface area contributed by atoms with Gasteiger partial charge in [0.05, 0.1) is 35.0 Å². The summed E-state index contributed by atoms with van der Waals surface area (Å²) in [6, 6.07) is 8.30. The number of anilines is 1. The van der Waals surface area contributed by atoms with Gasteiger partial charge in [0.1, 0.15) is 12.4 Å². The molecule has 0 saturated carbocycles. The Bertz CT molecular complexity index is 1290. The van der Waals surface area contributed by atoms with E-state index in [4.69, 9.17) is 26.2 Å². The number of amides is 2. The summed E-state index contributed by atoms with van der Waals surface area (Å²) in [5, 5.41) is 10.9. The van der Waals surface area contributed by atoms with E-state index in [0.29, 0.717) is 37.1 Å². The monoisotopic (exact) mass is 514 g/mol. The van der Waals surface area contributed by atoms with Crippen molar-refractivity contribution >= 4 is 57.1 Å². The van der Waals surface area contributed by atoms with Crippen LogP contribution < -0.4 is 15.0 Å². The second-order valence-corrected chi connectivity index (χ2v) is 9.99. The van der Waals surface area contributed by atoms with Gasteiger partial charge in [-0.25, -0.2) is 0 Å². The van der Waals surface area contributed by atoms with Crippen molar-refractivity contribution in [1.82, 2.24) is 15.2 Å². The van der Waals surface area contributed by atoms with Gasteiger partial charge in [-0.2, -0.15) is 0 Å². The number of rotatable bonds is 4. The molecular weight excluding hydrogens is 492 g/mol. The summed E-state index contributed by atoms with van der Waals surface area (Å²) in [7, 11) is 0. The molecule has 3 aromatic rings. The minimum atomic E-state index is -0.250. The lowest BCUT2D eigenvalue weighted by molar-refractivity contribution is -0.139. The molecule has 5 heterocycles. The SMILES string of the molecule is O=C1CCC(=O)N1Cc1cc2nccc(-c3cc(Cl)cc4c3N(C3CNC3)CCO4)c2s1.O=CO. The number of nitrogens with one attached hydrogen (secondary N) is 1. The minimum Gasteiger partial charge on any atom is -0.489 e. The molecule has 0 atom stereocenters. The molecule has 0 radical (unpaired) electrons. The van der Waals surface area contributed by atoms with Crippen molar-refractivity contribution < 1.29 is 24.2 Å². The van der Waals surface area contributed by atoms with Gasteiger partial charge in [0.25, 0.3) is 6.47 Å². The van der Waals surface area contributed by atoms with Gasteiger partial charge in [0.15, 0.2) is 0 Å². The number of nitrogens with zero attached hydrogens (tertiary/aromatic N) is 3. The molecule has 35 heavy (non-hydrogen) atoms. The Morgan fingerprint density at radius 1 is 1.20 bits per heavy atom. The van der Waals surface area contributed by atoms with Gasteiger partial charge in [-0.15, -0.1) is 11.3 Å². The third kappa shape index (κ3) is 4.44. The number of benzene rings is 1. The first-order valence-corrected chi connectivity index (χ1v) is 12.4. The van der Waals surface area contributed by atoms with Crippen molar-refractivity contribution in [1.29, 1.82) is 0 Å². The lowest BCUT2D eigenvalue weighted by Gasteiger charge is -2.43. The van der Waals surface area contributed by atoms with Crippen LogP contribution >= 0.6 is 22.9 Å². The largest absolute Gasteiger partial charge is 0.489 e. The zero-order valence-electron chi connectivity index (χ0n) is 18.7. The first kappa shape index (κ1) is 23.5. The van der Waals surface area contributed by atoms with Gasteiger partial charge >= 0.3 is 0 Å². The second kappa shape index (κ2) is 9.80. The average molecular weight is 515 g/mol. The molecule has 182 valence electrons. The summed E-state index contributed by atoms with van der Waals surface area (Å²) in [6.07, 6.45) is 2.40. The Balaban J connectivity index is 0.000000806. The van der Waals surface area contributed by atoms with Crippen LogP contribution in [0.15, 0.2) is 30.5 Å². The molecule has 3 aliphatic rings. The van der Waals surface area contributed by atoms with Crippen LogP contribution in [-0.2, 0) is 20.9 Å². The van der Waals surface area contributed by atoms with Crippen LogP contribution in [0.3, 0.4) is 0 Å². The Kier molecular flexibility index (Phi) is 6.59. The zero-order valence-corrected chi connectivity index (χ0v) is 20.3. The number of thiophene rings is 1. The van der Waals surface area contributed by atoms with Crippen molar-refractivity contribution in [3.8, 4) is 16.9 Å². The van der Waals surface area contributed by atoms with E-state index in [9.17, 15) is 9.59 Å². The molecule has 2 amide bonds. The molecule has 0 spiro atoms. The number of carbonyl (C=O) groups excluding carboxylic acids is 2. The summed E-state index contributed by atoms with van der Waals surface area (Å²) in [6.45, 7) is 3.42. The quantitative estimate of drug-likeness (QED) is 0.403. The van der Waals surface area contributed by atoms with Gasteiger partial charge < -0.3 is 20.1 Å². The van der Waals surface area contributed by atoms with Gasteiger partial charge in [0.2, 0.25) is 11.8 Å². The molecule has 2 fully saturated rings. The van der Waals surface area contributed by atoms with E-state index in [1.807, 2.05) is 24.3 Å². The van der Waals surface area contributed by atoms with E-state index in [1.165, 1.54) is 4.90 Å². The van der Waals surface area contributed by atoms with Gasteiger partial charge in [0, 0.05) is 59.2 Å². The molecule has 11 heteroatoms. The molecule has 0 bridgehead atoms. The number of carbonyl (C=O) groups is 3. The lowest BCUT2D eigenvalue weighted by Crippen LogP contribution is -2.59.